The summed E-state index contributed by atoms with van der Waals surface area (Å²) in [5.74, 6) is -2.44. The molecule has 8 nitrogen and oxygen atoms in total. The third-order valence-electron chi connectivity index (χ3n) is 4.09. The number of imide groups is 1. The van der Waals surface area contributed by atoms with Crippen molar-refractivity contribution in [3.05, 3.63) is 62.8 Å². The second kappa shape index (κ2) is 10.2. The van der Waals surface area contributed by atoms with Gasteiger partial charge in [0.1, 0.15) is 22.8 Å². The molecule has 3 amide bonds. The fourth-order valence-corrected chi connectivity index (χ4v) is 3.63. The van der Waals surface area contributed by atoms with Crippen LogP contribution >= 0.6 is 22.9 Å². The highest BCUT2D eigenvalue weighted by atomic mass is 35.5. The lowest BCUT2D eigenvalue weighted by Crippen LogP contribution is -2.42. The maximum Gasteiger partial charge on any atom is 0.344 e. The summed E-state index contributed by atoms with van der Waals surface area (Å²) in [6.45, 7) is 1.04. The molecule has 0 spiro atoms. The van der Waals surface area contributed by atoms with Crippen molar-refractivity contribution in [2.75, 3.05) is 13.2 Å². The van der Waals surface area contributed by atoms with Gasteiger partial charge in [-0.25, -0.2) is 14.0 Å². The van der Waals surface area contributed by atoms with E-state index in [9.17, 15) is 18.8 Å². The van der Waals surface area contributed by atoms with Gasteiger partial charge in [-0.2, -0.15) is 0 Å². The zero-order valence-electron chi connectivity index (χ0n) is 16.2. The summed E-state index contributed by atoms with van der Waals surface area (Å²) in [5.41, 5.74) is -0.430. The fourth-order valence-electron chi connectivity index (χ4n) is 2.67. The molecule has 3 rings (SSSR count). The van der Waals surface area contributed by atoms with E-state index in [0.29, 0.717) is 13.0 Å². The van der Waals surface area contributed by atoms with Gasteiger partial charge in [-0.05, 0) is 36.9 Å². The van der Waals surface area contributed by atoms with Crippen LogP contribution in [0.25, 0.3) is 11.3 Å². The maximum atomic E-state index is 14.2. The number of hydrogen-bond donors (Lipinski definition) is 2. The fraction of sp³-hybridized carbons (Fsp3) is 0.200. The summed E-state index contributed by atoms with van der Waals surface area (Å²) in [6.07, 6.45) is 0.627. The summed E-state index contributed by atoms with van der Waals surface area (Å²) < 4.78 is 24.1. The molecule has 0 saturated heterocycles. The predicted octanol–water partition coefficient (Wildman–Crippen LogP) is 3.73. The number of carbonyl (C=O) groups is 3. The van der Waals surface area contributed by atoms with Gasteiger partial charge in [0.2, 0.25) is 0 Å². The van der Waals surface area contributed by atoms with Crippen molar-refractivity contribution in [2.24, 2.45) is 0 Å². The summed E-state index contributed by atoms with van der Waals surface area (Å²) in [6, 6.07) is 7.12. The molecular weight excluding hydrogens is 449 g/mol. The summed E-state index contributed by atoms with van der Waals surface area (Å²) in [7, 11) is 0. The number of nitrogens with one attached hydrogen (secondary N) is 2. The van der Waals surface area contributed by atoms with E-state index in [1.165, 1.54) is 19.1 Å². The number of hydrogen-bond acceptors (Lipinski definition) is 7. The molecule has 3 aromatic rings. The second-order valence-electron chi connectivity index (χ2n) is 6.27. The van der Waals surface area contributed by atoms with E-state index in [0.717, 1.165) is 10.9 Å². The van der Waals surface area contributed by atoms with Crippen molar-refractivity contribution in [3.8, 4) is 11.3 Å². The van der Waals surface area contributed by atoms with Gasteiger partial charge in [-0.15, -0.1) is 11.3 Å². The Morgan fingerprint density at radius 3 is 2.77 bits per heavy atom. The summed E-state index contributed by atoms with van der Waals surface area (Å²) in [5, 5.41) is 10.2. The third-order valence-corrected chi connectivity index (χ3v) is 5.34. The van der Waals surface area contributed by atoms with Gasteiger partial charge in [0, 0.05) is 11.4 Å². The number of urea groups is 1. The molecule has 162 valence electrons. The van der Waals surface area contributed by atoms with E-state index in [1.54, 1.807) is 11.3 Å². The van der Waals surface area contributed by atoms with Crippen LogP contribution in [0.1, 0.15) is 21.0 Å². The van der Waals surface area contributed by atoms with E-state index < -0.39 is 30.3 Å². The van der Waals surface area contributed by atoms with Gasteiger partial charge in [-0.1, -0.05) is 28.9 Å². The lowest BCUT2D eigenvalue weighted by atomic mass is 10.1. The van der Waals surface area contributed by atoms with Gasteiger partial charge < -0.3 is 14.6 Å². The monoisotopic (exact) mass is 465 g/mol. The van der Waals surface area contributed by atoms with Gasteiger partial charge >= 0.3 is 12.0 Å². The van der Waals surface area contributed by atoms with Crippen molar-refractivity contribution in [1.82, 2.24) is 15.8 Å². The molecule has 0 radical (unpaired) electrons. The number of nitrogens with zero attached hydrogens (tertiary/aromatic N) is 1. The molecule has 0 aliphatic carbocycles. The molecule has 0 fully saturated rings. The number of carbonyl (C=O) groups excluding carboxylic acids is 3. The van der Waals surface area contributed by atoms with Crippen LogP contribution in [0.3, 0.4) is 0 Å². The van der Waals surface area contributed by atoms with Crippen LogP contribution < -0.4 is 10.6 Å². The van der Waals surface area contributed by atoms with E-state index in [1.807, 2.05) is 17.5 Å². The Kier molecular flexibility index (Phi) is 7.37. The summed E-state index contributed by atoms with van der Waals surface area (Å²) in [4.78, 5) is 37.2. The molecule has 0 aliphatic rings. The molecule has 0 atom stereocenters. The van der Waals surface area contributed by atoms with Crippen LogP contribution in [0.15, 0.2) is 40.2 Å². The van der Waals surface area contributed by atoms with Crippen molar-refractivity contribution >= 4 is 40.8 Å². The first-order valence-corrected chi connectivity index (χ1v) is 10.3. The molecule has 2 N–H and O–H groups in total. The van der Waals surface area contributed by atoms with E-state index in [2.05, 4.69) is 15.8 Å². The highest BCUT2D eigenvalue weighted by Gasteiger charge is 2.27. The van der Waals surface area contributed by atoms with Crippen LogP contribution in [0, 0.1) is 12.7 Å². The average Bonchev–Trinajstić information content (AvgIpc) is 3.36. The molecule has 0 saturated carbocycles. The van der Waals surface area contributed by atoms with Gasteiger partial charge in [-0.3, -0.25) is 10.1 Å². The number of benzene rings is 1. The number of rotatable bonds is 7. The zero-order chi connectivity index (χ0) is 22.4. The van der Waals surface area contributed by atoms with E-state index >= 15 is 0 Å². The molecule has 2 heterocycles. The average molecular weight is 466 g/mol. The Bertz CT molecular complexity index is 1080. The number of esters is 1. The largest absolute Gasteiger partial charge is 0.452 e. The van der Waals surface area contributed by atoms with Gasteiger partial charge in [0.15, 0.2) is 6.61 Å². The number of aromatic nitrogens is 1. The van der Waals surface area contributed by atoms with Crippen LogP contribution in [-0.2, 0) is 16.0 Å². The van der Waals surface area contributed by atoms with Crippen LogP contribution in [0.2, 0.25) is 5.02 Å². The molecule has 0 bridgehead atoms. The Hall–Kier alpha value is -3.24. The Labute approximate surface area is 185 Å². The lowest BCUT2D eigenvalue weighted by Gasteiger charge is -2.08. The predicted molar refractivity (Wildman–Crippen MR) is 111 cm³/mol. The van der Waals surface area contributed by atoms with Crippen LogP contribution in [0.5, 0.6) is 0 Å². The molecule has 0 aliphatic heterocycles. The SMILES string of the molecule is Cc1onc(-c2c(F)cccc2Cl)c1C(=O)OCC(=O)NC(=O)NCCc1cccs1. The maximum absolute atomic E-state index is 14.2. The lowest BCUT2D eigenvalue weighted by molar-refractivity contribution is -0.123. The number of ether oxygens (including phenoxy) is 1. The number of halogens is 2. The van der Waals surface area contributed by atoms with Crippen molar-refractivity contribution in [3.63, 3.8) is 0 Å². The molecule has 11 heteroatoms. The minimum absolute atomic E-state index is 0.0271. The number of thiophene rings is 1. The van der Waals surface area contributed by atoms with Crippen LogP contribution in [-0.4, -0.2) is 36.2 Å². The minimum Gasteiger partial charge on any atom is -0.452 e. The van der Waals surface area contributed by atoms with Crippen LogP contribution in [0.4, 0.5) is 9.18 Å². The Balaban J connectivity index is 1.55. The van der Waals surface area contributed by atoms with E-state index in [-0.39, 0.29) is 27.6 Å². The standard InChI is InChI=1S/C20H17ClFN3O5S/c1-11-16(18(25-30-11)17-13(21)5-2-6-14(17)22)19(27)29-10-15(26)24-20(28)23-8-7-12-4-3-9-31-12/h2-6,9H,7-8,10H2,1H3,(H2,23,24,26,28). The zero-order valence-corrected chi connectivity index (χ0v) is 17.8. The molecule has 2 aromatic heterocycles. The molecule has 31 heavy (non-hydrogen) atoms. The number of aryl methyl sites for hydroxylation is 1. The Morgan fingerprint density at radius 1 is 1.26 bits per heavy atom. The first-order chi connectivity index (χ1) is 14.9. The van der Waals surface area contributed by atoms with E-state index in [4.69, 9.17) is 20.9 Å². The third kappa shape index (κ3) is 5.68. The molecule has 1 aromatic carbocycles. The topological polar surface area (TPSA) is 111 Å². The smallest absolute Gasteiger partial charge is 0.344 e. The minimum atomic E-state index is -0.971. The quantitative estimate of drug-likeness (QED) is 0.514. The summed E-state index contributed by atoms with van der Waals surface area (Å²) >= 11 is 7.59. The Morgan fingerprint density at radius 2 is 2.06 bits per heavy atom. The highest BCUT2D eigenvalue weighted by Crippen LogP contribution is 2.33. The van der Waals surface area contributed by atoms with Crippen molar-refractivity contribution in [1.29, 1.82) is 0 Å². The first kappa shape index (κ1) is 22.4. The highest BCUT2D eigenvalue weighted by molar-refractivity contribution is 7.09. The van der Waals surface area contributed by atoms with Crippen molar-refractivity contribution < 1.29 is 28.0 Å². The second-order valence-corrected chi connectivity index (χ2v) is 7.71. The van der Waals surface area contributed by atoms with Crippen molar-refractivity contribution in [2.45, 2.75) is 13.3 Å². The van der Waals surface area contributed by atoms with Gasteiger partial charge in [0.25, 0.3) is 5.91 Å². The normalized spacial score (nSPS) is 10.5. The number of amides is 3. The van der Waals surface area contributed by atoms with Gasteiger partial charge in [0.05, 0.1) is 10.6 Å². The molecule has 0 unspecified atom stereocenters. The first-order valence-electron chi connectivity index (χ1n) is 9.04. The molecular formula is C20H17ClFN3O5S.